The fourth-order valence-corrected chi connectivity index (χ4v) is 2.84. The summed E-state index contributed by atoms with van der Waals surface area (Å²) >= 11 is 0. The maximum Gasteiger partial charge on any atom is 0.248 e. The van der Waals surface area contributed by atoms with E-state index in [2.05, 4.69) is 5.32 Å². The number of nitrogens with one attached hydrogen (secondary N) is 1. The lowest BCUT2D eigenvalue weighted by atomic mass is 10.0. The van der Waals surface area contributed by atoms with E-state index in [4.69, 9.17) is 5.73 Å². The van der Waals surface area contributed by atoms with E-state index in [1.807, 2.05) is 26.0 Å². The van der Waals surface area contributed by atoms with Crippen LogP contribution in [-0.2, 0) is 22.6 Å². The minimum Gasteiger partial charge on any atom is -0.366 e. The van der Waals surface area contributed by atoms with Crippen molar-refractivity contribution in [3.63, 3.8) is 0 Å². The first kappa shape index (κ1) is 20.2. The molecule has 0 radical (unpaired) electrons. The monoisotopic (exact) mass is 367 g/mol. The van der Waals surface area contributed by atoms with E-state index >= 15 is 0 Å². The topological polar surface area (TPSA) is 92.5 Å². The zero-order valence-corrected chi connectivity index (χ0v) is 15.9. The standard InChI is InChI=1S/C21H25N3O3/c1-14(2)24(15(3)25)13-16-8-10-18(11-9-16)23-20(26)12-17-6-4-5-7-19(17)21(22)27/h4-11,14H,12-13H2,1-3H3,(H2,22,27)(H,23,26). The van der Waals surface area contributed by atoms with Crippen LogP contribution in [0.25, 0.3) is 0 Å². The summed E-state index contributed by atoms with van der Waals surface area (Å²) in [5.41, 5.74) is 7.92. The maximum atomic E-state index is 12.3. The number of carbonyl (C=O) groups is 3. The van der Waals surface area contributed by atoms with Crippen LogP contribution in [0.15, 0.2) is 48.5 Å². The first-order valence-electron chi connectivity index (χ1n) is 8.81. The van der Waals surface area contributed by atoms with Crippen LogP contribution in [0, 0.1) is 0 Å². The number of anilines is 1. The van der Waals surface area contributed by atoms with Crippen molar-refractivity contribution < 1.29 is 14.4 Å². The zero-order chi connectivity index (χ0) is 20.0. The maximum absolute atomic E-state index is 12.3. The Morgan fingerprint density at radius 1 is 1.04 bits per heavy atom. The smallest absolute Gasteiger partial charge is 0.248 e. The van der Waals surface area contributed by atoms with Gasteiger partial charge in [0, 0.05) is 30.8 Å². The quantitative estimate of drug-likeness (QED) is 0.788. The van der Waals surface area contributed by atoms with Gasteiger partial charge in [0.05, 0.1) is 6.42 Å². The van der Waals surface area contributed by atoms with Crippen molar-refractivity contribution in [2.75, 3.05) is 5.32 Å². The molecule has 0 heterocycles. The van der Waals surface area contributed by atoms with Gasteiger partial charge in [-0.1, -0.05) is 30.3 Å². The van der Waals surface area contributed by atoms with Crippen LogP contribution < -0.4 is 11.1 Å². The molecule has 3 N–H and O–H groups in total. The molecule has 0 aliphatic heterocycles. The summed E-state index contributed by atoms with van der Waals surface area (Å²) in [5, 5.41) is 2.81. The number of rotatable bonds is 7. The van der Waals surface area contributed by atoms with Crippen LogP contribution in [-0.4, -0.2) is 28.7 Å². The van der Waals surface area contributed by atoms with E-state index in [-0.39, 0.29) is 24.3 Å². The minimum atomic E-state index is -0.553. The average Bonchev–Trinajstić information content (AvgIpc) is 2.60. The van der Waals surface area contributed by atoms with Gasteiger partial charge in [-0.15, -0.1) is 0 Å². The van der Waals surface area contributed by atoms with E-state index in [1.165, 1.54) is 0 Å². The predicted octanol–water partition coefficient (Wildman–Crippen LogP) is 2.72. The molecule has 2 rings (SSSR count). The predicted molar refractivity (Wildman–Crippen MR) is 105 cm³/mol. The Morgan fingerprint density at radius 2 is 1.67 bits per heavy atom. The number of primary amides is 1. The molecular formula is C21H25N3O3. The Hall–Kier alpha value is -3.15. The van der Waals surface area contributed by atoms with Crippen LogP contribution in [0.1, 0.15) is 42.3 Å². The third-order valence-electron chi connectivity index (χ3n) is 4.25. The molecule has 0 saturated carbocycles. The van der Waals surface area contributed by atoms with Gasteiger partial charge in [0.15, 0.2) is 0 Å². The lowest BCUT2D eigenvalue weighted by Gasteiger charge is -2.25. The first-order valence-corrected chi connectivity index (χ1v) is 8.81. The highest BCUT2D eigenvalue weighted by molar-refractivity contribution is 5.98. The number of hydrogen-bond acceptors (Lipinski definition) is 3. The van der Waals surface area contributed by atoms with Gasteiger partial charge in [0.25, 0.3) is 0 Å². The summed E-state index contributed by atoms with van der Waals surface area (Å²) in [6.45, 7) is 6.02. The van der Waals surface area contributed by atoms with Gasteiger partial charge >= 0.3 is 0 Å². The van der Waals surface area contributed by atoms with Crippen LogP contribution in [0.3, 0.4) is 0 Å². The van der Waals surface area contributed by atoms with Gasteiger partial charge in [-0.2, -0.15) is 0 Å². The van der Waals surface area contributed by atoms with Crippen molar-refractivity contribution in [3.05, 3.63) is 65.2 Å². The Balaban J connectivity index is 2.01. The summed E-state index contributed by atoms with van der Waals surface area (Å²) in [6, 6.07) is 14.3. The Kier molecular flexibility index (Phi) is 6.71. The van der Waals surface area contributed by atoms with Crippen LogP contribution in [0.5, 0.6) is 0 Å². The van der Waals surface area contributed by atoms with E-state index in [1.54, 1.807) is 48.2 Å². The summed E-state index contributed by atoms with van der Waals surface area (Å²) in [7, 11) is 0. The van der Waals surface area contributed by atoms with Gasteiger partial charge in [0.1, 0.15) is 0 Å². The highest BCUT2D eigenvalue weighted by atomic mass is 16.2. The van der Waals surface area contributed by atoms with Crippen molar-refractivity contribution in [3.8, 4) is 0 Å². The number of carbonyl (C=O) groups excluding carboxylic acids is 3. The molecule has 0 bridgehead atoms. The van der Waals surface area contributed by atoms with Crippen molar-refractivity contribution in [2.24, 2.45) is 5.73 Å². The fraction of sp³-hybridized carbons (Fsp3) is 0.286. The van der Waals surface area contributed by atoms with Crippen LogP contribution in [0.4, 0.5) is 5.69 Å². The number of nitrogens with two attached hydrogens (primary N) is 1. The second-order valence-corrected chi connectivity index (χ2v) is 6.68. The molecule has 0 spiro atoms. The molecule has 142 valence electrons. The molecule has 2 aromatic rings. The second-order valence-electron chi connectivity index (χ2n) is 6.68. The zero-order valence-electron chi connectivity index (χ0n) is 15.9. The summed E-state index contributed by atoms with van der Waals surface area (Å²) in [6.07, 6.45) is 0.0618. The SMILES string of the molecule is CC(=O)N(Cc1ccc(NC(=O)Cc2ccccc2C(N)=O)cc1)C(C)C. The molecule has 2 aromatic carbocycles. The first-order chi connectivity index (χ1) is 12.8. The largest absolute Gasteiger partial charge is 0.366 e. The van der Waals surface area contributed by atoms with Gasteiger partial charge in [0.2, 0.25) is 17.7 Å². The summed E-state index contributed by atoms with van der Waals surface area (Å²) in [5.74, 6) is -0.762. The Bertz CT molecular complexity index is 829. The lowest BCUT2D eigenvalue weighted by Crippen LogP contribution is -2.34. The molecule has 0 atom stereocenters. The molecule has 6 heteroatoms. The third-order valence-corrected chi connectivity index (χ3v) is 4.25. The van der Waals surface area contributed by atoms with Gasteiger partial charge in [-0.05, 0) is 43.2 Å². The van der Waals surface area contributed by atoms with Crippen molar-refractivity contribution >= 4 is 23.4 Å². The highest BCUT2D eigenvalue weighted by Gasteiger charge is 2.14. The molecule has 0 aromatic heterocycles. The molecule has 0 unspecified atom stereocenters. The molecule has 3 amide bonds. The molecule has 0 aliphatic rings. The third kappa shape index (κ3) is 5.67. The number of benzene rings is 2. The van der Waals surface area contributed by atoms with E-state index < -0.39 is 5.91 Å². The average molecular weight is 367 g/mol. The Labute approximate surface area is 159 Å². The van der Waals surface area contributed by atoms with Gasteiger partial charge in [-0.25, -0.2) is 0 Å². The number of hydrogen-bond donors (Lipinski definition) is 2. The number of nitrogens with zero attached hydrogens (tertiary/aromatic N) is 1. The van der Waals surface area contributed by atoms with Crippen molar-refractivity contribution in [1.29, 1.82) is 0 Å². The van der Waals surface area contributed by atoms with Crippen molar-refractivity contribution in [1.82, 2.24) is 4.90 Å². The van der Waals surface area contributed by atoms with Crippen LogP contribution >= 0.6 is 0 Å². The van der Waals surface area contributed by atoms with E-state index in [0.29, 0.717) is 23.4 Å². The summed E-state index contributed by atoms with van der Waals surface area (Å²) < 4.78 is 0. The van der Waals surface area contributed by atoms with Crippen molar-refractivity contribution in [2.45, 2.75) is 39.8 Å². The molecular weight excluding hydrogens is 342 g/mol. The highest BCUT2D eigenvalue weighted by Crippen LogP contribution is 2.15. The lowest BCUT2D eigenvalue weighted by molar-refractivity contribution is -0.131. The Morgan fingerprint density at radius 3 is 2.22 bits per heavy atom. The molecule has 27 heavy (non-hydrogen) atoms. The molecule has 0 aliphatic carbocycles. The second kappa shape index (κ2) is 8.98. The number of amides is 3. The molecule has 0 fully saturated rings. The summed E-state index contributed by atoms with van der Waals surface area (Å²) in [4.78, 5) is 37.2. The minimum absolute atomic E-state index is 0.0236. The van der Waals surface area contributed by atoms with Crippen LogP contribution in [0.2, 0.25) is 0 Å². The normalized spacial score (nSPS) is 10.5. The molecule has 6 nitrogen and oxygen atoms in total. The molecule has 0 saturated heterocycles. The van der Waals surface area contributed by atoms with E-state index in [0.717, 1.165) is 5.56 Å². The van der Waals surface area contributed by atoms with Gasteiger partial charge < -0.3 is 16.0 Å². The van der Waals surface area contributed by atoms with E-state index in [9.17, 15) is 14.4 Å². The fourth-order valence-electron chi connectivity index (χ4n) is 2.84. The van der Waals surface area contributed by atoms with Gasteiger partial charge in [-0.3, -0.25) is 14.4 Å².